The Labute approximate surface area is 252 Å². The van der Waals surface area contributed by atoms with Gasteiger partial charge in [0, 0.05) is 13.3 Å². The first-order valence-corrected chi connectivity index (χ1v) is 17.2. The minimum absolute atomic E-state index is 0.553. The number of aromatic nitrogens is 3. The predicted molar refractivity (Wildman–Crippen MR) is 170 cm³/mol. The van der Waals surface area contributed by atoms with E-state index in [4.69, 9.17) is 9.47 Å². The van der Waals surface area contributed by atoms with E-state index in [1.807, 2.05) is 18.7 Å². The maximum Gasteiger partial charge on any atom is 0.0796 e. The Kier molecular flexibility index (Phi) is 11.6. The zero-order valence-electron chi connectivity index (χ0n) is 28.0. The van der Waals surface area contributed by atoms with E-state index in [1.165, 1.54) is 70.6 Å². The zero-order chi connectivity index (χ0) is 29.6. The van der Waals surface area contributed by atoms with Gasteiger partial charge in [-0.05, 0) is 111 Å². The van der Waals surface area contributed by atoms with E-state index in [9.17, 15) is 0 Å². The molecule has 234 valence electrons. The molecule has 0 bridgehead atoms. The quantitative estimate of drug-likeness (QED) is 0.197. The number of nitrogens with zero attached hydrogens (tertiary/aromatic N) is 3. The summed E-state index contributed by atoms with van der Waals surface area (Å²) < 4.78 is 11.9. The highest BCUT2D eigenvalue weighted by atomic mass is 16.5. The minimum atomic E-state index is 0.553. The van der Waals surface area contributed by atoms with E-state index in [-0.39, 0.29) is 0 Å². The van der Waals surface area contributed by atoms with Gasteiger partial charge in [-0.3, -0.25) is 0 Å². The molecule has 0 amide bonds. The summed E-state index contributed by atoms with van der Waals surface area (Å²) in [5, 5.41) is 7.75. The lowest BCUT2D eigenvalue weighted by molar-refractivity contribution is -0.0523. The number of methoxy groups -OCH3 is 1. The molecule has 4 aliphatic rings. The van der Waals surface area contributed by atoms with Gasteiger partial charge in [-0.1, -0.05) is 77.7 Å². The third-order valence-corrected chi connectivity index (χ3v) is 12.1. The Bertz CT molecular complexity index is 972. The highest BCUT2D eigenvalue weighted by Crippen LogP contribution is 2.67. The number of hydrogen-bond donors (Lipinski definition) is 0. The second-order valence-corrected chi connectivity index (χ2v) is 15.4. The molecule has 0 aliphatic heterocycles. The standard InChI is InChI=1S/C28H48.C8H15N3O2/c1-19(2)8-7-9-21(4)24-12-13-25-23-11-10-22-18-20(3)14-16-27(22,5)26(23)15-17-28(24,25)6;1-8-7-11(10-9-8)3-4-13-6-5-12-2/h10,19-21,23-26H,7-9,11-18H2,1-6H3;7H,3-6H2,1-2H3. The largest absolute Gasteiger partial charge is 0.382 e. The van der Waals surface area contributed by atoms with Crippen LogP contribution in [-0.4, -0.2) is 41.9 Å². The number of fused-ring (bicyclic) bond motifs is 5. The molecule has 41 heavy (non-hydrogen) atoms. The Balaban J connectivity index is 0.000000251. The normalized spacial score (nSPS) is 35.1. The van der Waals surface area contributed by atoms with Crippen LogP contribution in [0.2, 0.25) is 0 Å². The van der Waals surface area contributed by atoms with Crippen LogP contribution in [0, 0.1) is 59.2 Å². The fourth-order valence-electron chi connectivity index (χ4n) is 9.77. The summed E-state index contributed by atoms with van der Waals surface area (Å²) in [6.45, 7) is 19.8. The molecule has 1 aromatic rings. The van der Waals surface area contributed by atoms with E-state index >= 15 is 0 Å². The second-order valence-electron chi connectivity index (χ2n) is 15.4. The molecule has 8 atom stereocenters. The fraction of sp³-hybridized carbons (Fsp3) is 0.889. The van der Waals surface area contributed by atoms with Crippen molar-refractivity contribution in [2.24, 2.45) is 52.3 Å². The SMILES string of the molecule is CC(C)CCCC(C)C1CCC2C3CC=C4CC(C)CCC4(C)C3CCC12C.COCCOCCn1cc(C)nn1. The van der Waals surface area contributed by atoms with Crippen molar-refractivity contribution >= 4 is 0 Å². The highest BCUT2D eigenvalue weighted by Gasteiger charge is 2.58. The van der Waals surface area contributed by atoms with Gasteiger partial charge < -0.3 is 9.47 Å². The van der Waals surface area contributed by atoms with Crippen molar-refractivity contribution in [3.8, 4) is 0 Å². The van der Waals surface area contributed by atoms with Crippen LogP contribution < -0.4 is 0 Å². The Morgan fingerprint density at radius 2 is 1.80 bits per heavy atom. The molecule has 8 unspecified atom stereocenters. The Morgan fingerprint density at radius 3 is 2.51 bits per heavy atom. The predicted octanol–water partition coefficient (Wildman–Crippen LogP) is 8.91. The summed E-state index contributed by atoms with van der Waals surface area (Å²) in [6.07, 6.45) is 20.8. The Morgan fingerprint density at radius 1 is 1.00 bits per heavy atom. The van der Waals surface area contributed by atoms with Gasteiger partial charge in [-0.25, -0.2) is 4.68 Å². The molecule has 0 spiro atoms. The van der Waals surface area contributed by atoms with E-state index < -0.39 is 0 Å². The summed E-state index contributed by atoms with van der Waals surface area (Å²) >= 11 is 0. The lowest BCUT2D eigenvalue weighted by Gasteiger charge is -2.58. The topological polar surface area (TPSA) is 49.2 Å². The van der Waals surface area contributed by atoms with Gasteiger partial charge in [0.2, 0.25) is 0 Å². The number of aryl methyl sites for hydroxylation is 1. The van der Waals surface area contributed by atoms with Crippen LogP contribution in [0.1, 0.15) is 118 Å². The van der Waals surface area contributed by atoms with Crippen molar-refractivity contribution in [1.82, 2.24) is 15.0 Å². The van der Waals surface area contributed by atoms with E-state index in [0.29, 0.717) is 30.7 Å². The molecule has 3 fully saturated rings. The minimum Gasteiger partial charge on any atom is -0.382 e. The first-order valence-electron chi connectivity index (χ1n) is 17.2. The molecule has 1 aromatic heterocycles. The summed E-state index contributed by atoms with van der Waals surface area (Å²) in [4.78, 5) is 0. The van der Waals surface area contributed by atoms with Crippen molar-refractivity contribution in [2.75, 3.05) is 26.9 Å². The molecule has 0 N–H and O–H groups in total. The van der Waals surface area contributed by atoms with Crippen LogP contribution in [0.25, 0.3) is 0 Å². The van der Waals surface area contributed by atoms with Crippen molar-refractivity contribution in [3.05, 3.63) is 23.5 Å². The lowest BCUT2D eigenvalue weighted by Crippen LogP contribution is -2.50. The smallest absolute Gasteiger partial charge is 0.0796 e. The molecule has 3 saturated carbocycles. The van der Waals surface area contributed by atoms with Crippen molar-refractivity contribution in [1.29, 1.82) is 0 Å². The van der Waals surface area contributed by atoms with Crippen molar-refractivity contribution in [3.63, 3.8) is 0 Å². The van der Waals surface area contributed by atoms with E-state index in [2.05, 4.69) is 57.9 Å². The number of ether oxygens (including phenoxy) is 2. The molecule has 5 heteroatoms. The summed E-state index contributed by atoms with van der Waals surface area (Å²) in [7, 11) is 1.66. The molecule has 5 rings (SSSR count). The lowest BCUT2D eigenvalue weighted by atomic mass is 9.46. The van der Waals surface area contributed by atoms with Gasteiger partial charge in [-0.15, -0.1) is 5.10 Å². The number of rotatable bonds is 11. The van der Waals surface area contributed by atoms with Gasteiger partial charge in [0.1, 0.15) is 0 Å². The molecule has 0 radical (unpaired) electrons. The summed E-state index contributed by atoms with van der Waals surface area (Å²) in [6, 6.07) is 0. The van der Waals surface area contributed by atoms with Gasteiger partial charge in [0.15, 0.2) is 0 Å². The number of hydrogen-bond acceptors (Lipinski definition) is 4. The molecule has 1 heterocycles. The van der Waals surface area contributed by atoms with Crippen LogP contribution in [0.5, 0.6) is 0 Å². The average molecular weight is 570 g/mol. The van der Waals surface area contributed by atoms with Crippen molar-refractivity contribution in [2.45, 2.75) is 126 Å². The molecular weight excluding hydrogens is 506 g/mol. The van der Waals surface area contributed by atoms with Crippen molar-refractivity contribution < 1.29 is 9.47 Å². The molecule has 5 nitrogen and oxygen atoms in total. The first-order chi connectivity index (χ1) is 19.6. The zero-order valence-corrected chi connectivity index (χ0v) is 28.0. The van der Waals surface area contributed by atoms with Gasteiger partial charge in [0.05, 0.1) is 32.1 Å². The highest BCUT2D eigenvalue weighted by molar-refractivity contribution is 5.25. The molecule has 4 aliphatic carbocycles. The third-order valence-electron chi connectivity index (χ3n) is 12.1. The molecular formula is C36H63N3O2. The third kappa shape index (κ3) is 7.66. The van der Waals surface area contributed by atoms with Gasteiger partial charge in [0.25, 0.3) is 0 Å². The van der Waals surface area contributed by atoms with Crippen LogP contribution in [-0.2, 0) is 16.0 Å². The summed E-state index contributed by atoms with van der Waals surface area (Å²) in [5.74, 6) is 6.73. The average Bonchev–Trinajstić information content (AvgIpc) is 3.51. The first kappa shape index (κ1) is 32.7. The Hall–Kier alpha value is -1.20. The fourth-order valence-corrected chi connectivity index (χ4v) is 9.77. The monoisotopic (exact) mass is 569 g/mol. The van der Waals surface area contributed by atoms with E-state index in [0.717, 1.165) is 53.7 Å². The summed E-state index contributed by atoms with van der Waals surface area (Å²) in [5.41, 5.74) is 3.99. The molecule has 0 saturated heterocycles. The maximum atomic E-state index is 5.27. The van der Waals surface area contributed by atoms with Gasteiger partial charge in [-0.2, -0.15) is 0 Å². The van der Waals surface area contributed by atoms with Crippen LogP contribution in [0.3, 0.4) is 0 Å². The maximum absolute atomic E-state index is 5.27. The van der Waals surface area contributed by atoms with Crippen LogP contribution in [0.15, 0.2) is 17.8 Å². The second kappa shape index (κ2) is 14.5. The van der Waals surface area contributed by atoms with Crippen LogP contribution >= 0.6 is 0 Å². The number of allylic oxidation sites excluding steroid dienone is 2. The van der Waals surface area contributed by atoms with E-state index in [1.54, 1.807) is 11.8 Å². The van der Waals surface area contributed by atoms with Crippen LogP contribution in [0.4, 0.5) is 0 Å². The van der Waals surface area contributed by atoms with Gasteiger partial charge >= 0.3 is 0 Å². The molecule has 0 aromatic carbocycles.